The predicted octanol–water partition coefficient (Wildman–Crippen LogP) is 3.66. The van der Waals surface area contributed by atoms with Crippen molar-refractivity contribution < 1.29 is 8.85 Å². The van der Waals surface area contributed by atoms with E-state index in [0.29, 0.717) is 0 Å². The van der Waals surface area contributed by atoms with Crippen LogP contribution in [0.5, 0.6) is 0 Å². The third-order valence-corrected chi connectivity index (χ3v) is 3.42. The lowest BCUT2D eigenvalue weighted by molar-refractivity contribution is 0.219. The van der Waals surface area contributed by atoms with Crippen LogP contribution in [0.15, 0.2) is 12.7 Å². The Kier molecular flexibility index (Phi) is 18.8. The fourth-order valence-electron chi connectivity index (χ4n) is 1.06. The van der Waals surface area contributed by atoms with Gasteiger partial charge in [-0.15, -0.1) is 6.58 Å². The van der Waals surface area contributed by atoms with Crippen LogP contribution in [0, 0.1) is 0 Å². The quantitative estimate of drug-likeness (QED) is 0.361. The molecule has 15 heavy (non-hydrogen) atoms. The molecule has 0 amide bonds. The second kappa shape index (κ2) is 16.3. The minimum absolute atomic E-state index is 0.785. The SMILES string of the molecule is C=CCCCCC.CCO[SiH](C)OCC. The molecule has 0 heterocycles. The van der Waals surface area contributed by atoms with Gasteiger partial charge in [-0.05, 0) is 33.2 Å². The van der Waals surface area contributed by atoms with Crippen molar-refractivity contribution in [1.82, 2.24) is 0 Å². The first-order valence-corrected chi connectivity index (χ1v) is 8.16. The Morgan fingerprint density at radius 2 is 1.60 bits per heavy atom. The van der Waals surface area contributed by atoms with E-state index in [1.165, 1.54) is 25.7 Å². The maximum absolute atomic E-state index is 5.20. The molecule has 0 saturated heterocycles. The predicted molar refractivity (Wildman–Crippen MR) is 70.6 cm³/mol. The summed E-state index contributed by atoms with van der Waals surface area (Å²) in [7, 11) is -1.20. The van der Waals surface area contributed by atoms with Crippen molar-refractivity contribution >= 4 is 9.28 Å². The van der Waals surface area contributed by atoms with Gasteiger partial charge >= 0.3 is 9.28 Å². The molecule has 0 aliphatic rings. The molecule has 0 aliphatic heterocycles. The Hall–Kier alpha value is -0.123. The summed E-state index contributed by atoms with van der Waals surface area (Å²) < 4.78 is 10.4. The highest BCUT2D eigenvalue weighted by molar-refractivity contribution is 6.42. The van der Waals surface area contributed by atoms with Gasteiger partial charge in [0, 0.05) is 13.2 Å². The Morgan fingerprint density at radius 1 is 1.07 bits per heavy atom. The monoisotopic (exact) mass is 232 g/mol. The van der Waals surface area contributed by atoms with E-state index >= 15 is 0 Å². The standard InChI is InChI=1S/C7H14.C5H14O2Si/c1-3-5-7-6-4-2;1-4-6-8(3)7-5-2/h3H,1,4-7H2,2H3;8H,4-5H2,1-3H3. The fraction of sp³-hybridized carbons (Fsp3) is 0.833. The van der Waals surface area contributed by atoms with Gasteiger partial charge in [0.2, 0.25) is 0 Å². The van der Waals surface area contributed by atoms with Crippen LogP contribution in [0.3, 0.4) is 0 Å². The Bertz CT molecular complexity index is 112. The smallest absolute Gasteiger partial charge is 0.318 e. The molecule has 0 aromatic rings. The molecule has 0 unspecified atom stereocenters. The van der Waals surface area contributed by atoms with E-state index in [9.17, 15) is 0 Å². The lowest BCUT2D eigenvalue weighted by Crippen LogP contribution is -2.17. The summed E-state index contributed by atoms with van der Waals surface area (Å²) in [6.07, 6.45) is 7.16. The summed E-state index contributed by atoms with van der Waals surface area (Å²) in [5.41, 5.74) is 0. The summed E-state index contributed by atoms with van der Waals surface area (Å²) in [6, 6.07) is 0. The Labute approximate surface area is 97.5 Å². The third-order valence-electron chi connectivity index (χ3n) is 1.81. The molecule has 0 fully saturated rings. The average molecular weight is 232 g/mol. The van der Waals surface area contributed by atoms with Crippen LogP contribution in [0.25, 0.3) is 0 Å². The number of hydrogen-bond acceptors (Lipinski definition) is 2. The minimum Gasteiger partial charge on any atom is -0.397 e. The highest BCUT2D eigenvalue weighted by Crippen LogP contribution is 1.97. The normalized spacial score (nSPS) is 9.67. The van der Waals surface area contributed by atoms with Crippen LogP contribution in [-0.4, -0.2) is 22.5 Å². The Morgan fingerprint density at radius 3 is 1.93 bits per heavy atom. The first-order chi connectivity index (χ1) is 7.22. The molecular weight excluding hydrogens is 204 g/mol. The summed E-state index contributed by atoms with van der Waals surface area (Å²) in [5.74, 6) is 0. The van der Waals surface area contributed by atoms with Crippen molar-refractivity contribution in [3.8, 4) is 0 Å². The summed E-state index contributed by atoms with van der Waals surface area (Å²) >= 11 is 0. The van der Waals surface area contributed by atoms with E-state index in [-0.39, 0.29) is 0 Å². The second-order valence-corrected chi connectivity index (χ2v) is 5.06. The maximum Gasteiger partial charge on any atom is 0.318 e. The zero-order chi connectivity index (χ0) is 11.9. The largest absolute Gasteiger partial charge is 0.397 e. The van der Waals surface area contributed by atoms with E-state index in [1.54, 1.807) is 0 Å². The van der Waals surface area contributed by atoms with Crippen LogP contribution in [0.4, 0.5) is 0 Å². The molecule has 0 aromatic heterocycles. The van der Waals surface area contributed by atoms with E-state index in [1.807, 2.05) is 26.5 Å². The van der Waals surface area contributed by atoms with Crippen molar-refractivity contribution in [2.75, 3.05) is 13.2 Å². The molecule has 0 N–H and O–H groups in total. The van der Waals surface area contributed by atoms with Gasteiger partial charge in [-0.3, -0.25) is 0 Å². The molecule has 2 nitrogen and oxygen atoms in total. The van der Waals surface area contributed by atoms with Crippen LogP contribution in [0.1, 0.15) is 46.5 Å². The zero-order valence-corrected chi connectivity index (χ0v) is 12.1. The van der Waals surface area contributed by atoms with Crippen molar-refractivity contribution in [3.63, 3.8) is 0 Å². The van der Waals surface area contributed by atoms with Gasteiger partial charge in [-0.1, -0.05) is 25.8 Å². The minimum atomic E-state index is -1.20. The molecule has 0 spiro atoms. The van der Waals surface area contributed by atoms with Crippen LogP contribution >= 0.6 is 0 Å². The molecule has 0 aromatic carbocycles. The van der Waals surface area contributed by atoms with E-state index < -0.39 is 9.28 Å². The number of hydrogen-bond donors (Lipinski definition) is 0. The van der Waals surface area contributed by atoms with E-state index in [4.69, 9.17) is 8.85 Å². The van der Waals surface area contributed by atoms with Crippen LogP contribution in [-0.2, 0) is 8.85 Å². The van der Waals surface area contributed by atoms with Crippen molar-refractivity contribution in [2.24, 2.45) is 0 Å². The van der Waals surface area contributed by atoms with E-state index in [2.05, 4.69) is 13.5 Å². The molecule has 0 atom stereocenters. The van der Waals surface area contributed by atoms with Crippen molar-refractivity contribution in [2.45, 2.75) is 53.0 Å². The highest BCUT2D eigenvalue weighted by Gasteiger charge is 1.99. The average Bonchev–Trinajstić information content (AvgIpc) is 2.20. The van der Waals surface area contributed by atoms with Gasteiger partial charge in [-0.25, -0.2) is 0 Å². The van der Waals surface area contributed by atoms with Crippen molar-refractivity contribution in [1.29, 1.82) is 0 Å². The molecule has 3 heteroatoms. The van der Waals surface area contributed by atoms with Gasteiger partial charge in [0.1, 0.15) is 0 Å². The lowest BCUT2D eigenvalue weighted by Gasteiger charge is -2.07. The molecule has 0 radical (unpaired) electrons. The summed E-state index contributed by atoms with van der Waals surface area (Å²) in [6.45, 7) is 13.4. The Balaban J connectivity index is 0. The second-order valence-electron chi connectivity index (χ2n) is 3.26. The van der Waals surface area contributed by atoms with Crippen LogP contribution in [0.2, 0.25) is 6.55 Å². The fourth-order valence-corrected chi connectivity index (χ4v) is 2.09. The van der Waals surface area contributed by atoms with Crippen molar-refractivity contribution in [3.05, 3.63) is 12.7 Å². The number of allylic oxidation sites excluding steroid dienone is 1. The van der Waals surface area contributed by atoms with Gasteiger partial charge in [0.05, 0.1) is 0 Å². The van der Waals surface area contributed by atoms with Gasteiger partial charge in [0.25, 0.3) is 0 Å². The molecule has 0 saturated carbocycles. The molecule has 0 aliphatic carbocycles. The number of unbranched alkanes of at least 4 members (excludes halogenated alkanes) is 3. The van der Waals surface area contributed by atoms with Gasteiger partial charge in [-0.2, -0.15) is 0 Å². The van der Waals surface area contributed by atoms with Crippen LogP contribution < -0.4 is 0 Å². The molecule has 0 bridgehead atoms. The molecule has 0 rings (SSSR count). The third kappa shape index (κ3) is 20.1. The first kappa shape index (κ1) is 17.3. The topological polar surface area (TPSA) is 18.5 Å². The van der Waals surface area contributed by atoms with Gasteiger partial charge in [0.15, 0.2) is 0 Å². The maximum atomic E-state index is 5.20. The molecule has 92 valence electrons. The molecular formula is C12H28O2Si. The number of rotatable bonds is 8. The van der Waals surface area contributed by atoms with E-state index in [0.717, 1.165) is 13.2 Å². The lowest BCUT2D eigenvalue weighted by atomic mass is 10.2. The summed E-state index contributed by atoms with van der Waals surface area (Å²) in [4.78, 5) is 0. The summed E-state index contributed by atoms with van der Waals surface area (Å²) in [5, 5.41) is 0. The highest BCUT2D eigenvalue weighted by atomic mass is 28.3. The van der Waals surface area contributed by atoms with Gasteiger partial charge < -0.3 is 8.85 Å². The first-order valence-electron chi connectivity index (χ1n) is 6.06. The zero-order valence-electron chi connectivity index (χ0n) is 10.9.